The minimum atomic E-state index is -1.78. The number of hydrogen-bond donors (Lipinski definition) is 1. The highest BCUT2D eigenvalue weighted by atomic mass is 32.2. The van der Waals surface area contributed by atoms with Crippen LogP contribution in [0.15, 0.2) is 0 Å². The zero-order valence-corrected chi connectivity index (χ0v) is 15.6. The summed E-state index contributed by atoms with van der Waals surface area (Å²) in [5.74, 6) is -0.105. The molecular formula is C17H28O6S. The van der Waals surface area contributed by atoms with Crippen LogP contribution in [0.3, 0.4) is 0 Å². The Hall–Kier alpha value is -0.500. The fourth-order valence-electron chi connectivity index (χ4n) is 5.35. The Bertz CT molecular complexity index is 539. The van der Waals surface area contributed by atoms with Gasteiger partial charge >= 0.3 is 17.3 Å². The first-order valence-corrected chi connectivity index (χ1v) is 9.78. The van der Waals surface area contributed by atoms with E-state index in [9.17, 15) is 14.1 Å². The summed E-state index contributed by atoms with van der Waals surface area (Å²) < 4.78 is 29.3. The molecule has 3 aliphatic rings. The monoisotopic (exact) mass is 360 g/mol. The summed E-state index contributed by atoms with van der Waals surface area (Å²) in [6, 6.07) is 0. The third-order valence-corrected chi connectivity index (χ3v) is 7.45. The summed E-state index contributed by atoms with van der Waals surface area (Å²) >= 11 is -1.78. The number of esters is 1. The van der Waals surface area contributed by atoms with Crippen molar-refractivity contribution in [1.29, 1.82) is 0 Å². The van der Waals surface area contributed by atoms with Crippen molar-refractivity contribution in [3.05, 3.63) is 0 Å². The second-order valence-electron chi connectivity index (χ2n) is 8.14. The molecule has 0 aromatic carbocycles. The molecule has 1 N–H and O–H groups in total. The number of hydrogen-bond acceptors (Lipinski definition) is 6. The Kier molecular flexibility index (Phi) is 4.83. The average Bonchev–Trinajstić information content (AvgIpc) is 2.49. The van der Waals surface area contributed by atoms with Crippen molar-refractivity contribution < 1.29 is 27.2 Å². The maximum atomic E-state index is 12.2. The van der Waals surface area contributed by atoms with Crippen LogP contribution in [0.2, 0.25) is 0 Å². The smallest absolute Gasteiger partial charge is 0.305 e. The van der Waals surface area contributed by atoms with Gasteiger partial charge < -0.3 is 9.84 Å². The Balaban J connectivity index is 1.99. The van der Waals surface area contributed by atoms with E-state index in [4.69, 9.17) is 13.1 Å². The van der Waals surface area contributed by atoms with Gasteiger partial charge in [-0.3, -0.25) is 13.2 Å². The molecule has 1 aliphatic heterocycles. The number of aliphatic hydroxyl groups excluding tert-OH is 1. The van der Waals surface area contributed by atoms with Gasteiger partial charge in [0.15, 0.2) is 0 Å². The molecule has 1 unspecified atom stereocenters. The quantitative estimate of drug-likeness (QED) is 0.777. The Morgan fingerprint density at radius 1 is 1.38 bits per heavy atom. The van der Waals surface area contributed by atoms with Gasteiger partial charge in [-0.05, 0) is 44.4 Å². The first-order valence-electron chi connectivity index (χ1n) is 8.78. The van der Waals surface area contributed by atoms with Crippen molar-refractivity contribution in [3.63, 3.8) is 0 Å². The topological polar surface area (TPSA) is 82.1 Å². The van der Waals surface area contributed by atoms with Crippen LogP contribution in [0.25, 0.3) is 0 Å². The molecule has 0 radical (unpaired) electrons. The van der Waals surface area contributed by atoms with Gasteiger partial charge in [-0.2, -0.15) is 4.21 Å². The summed E-state index contributed by atoms with van der Waals surface area (Å²) in [5.41, 5.74) is -0.841. The molecule has 24 heavy (non-hydrogen) atoms. The number of carbonyl (C=O) groups is 1. The lowest BCUT2D eigenvalue weighted by Crippen LogP contribution is -2.67. The summed E-state index contributed by atoms with van der Waals surface area (Å²) in [4.78, 5) is 11.6. The summed E-state index contributed by atoms with van der Waals surface area (Å²) in [6.45, 7) is 7.65. The highest BCUT2D eigenvalue weighted by Crippen LogP contribution is 2.61. The van der Waals surface area contributed by atoms with E-state index in [-0.39, 0.29) is 48.0 Å². The van der Waals surface area contributed by atoms with Crippen LogP contribution in [0.4, 0.5) is 0 Å². The molecule has 1 saturated heterocycles. The van der Waals surface area contributed by atoms with E-state index in [0.717, 1.165) is 12.8 Å². The summed E-state index contributed by atoms with van der Waals surface area (Å²) in [5, 5.41) is 9.61. The van der Waals surface area contributed by atoms with Crippen LogP contribution in [0.1, 0.15) is 53.4 Å². The van der Waals surface area contributed by atoms with E-state index < -0.39 is 17.0 Å². The third kappa shape index (κ3) is 2.83. The molecule has 0 aromatic heterocycles. The highest BCUT2D eigenvalue weighted by molar-refractivity contribution is 7.75. The van der Waals surface area contributed by atoms with Gasteiger partial charge in [0.25, 0.3) is 0 Å². The third-order valence-electron chi connectivity index (χ3n) is 6.55. The zero-order chi connectivity index (χ0) is 17.7. The van der Waals surface area contributed by atoms with E-state index in [1.54, 1.807) is 0 Å². The molecule has 1 heterocycles. The van der Waals surface area contributed by atoms with E-state index in [1.807, 2.05) is 13.8 Å². The number of ether oxygens (including phenoxy) is 1. The SMILES string of the molecule is CC(=O)O[C@@H]1CC[C@@]2(C)OS(=O)O[C@H]3[C@H]([C@H](C)CO)CC[C@]1(C)[C@@H]32. The van der Waals surface area contributed by atoms with Gasteiger partial charge in [0.2, 0.25) is 0 Å². The minimum Gasteiger partial charge on any atom is -0.462 e. The molecule has 0 bridgehead atoms. The Labute approximate surface area is 146 Å². The van der Waals surface area contributed by atoms with Crippen LogP contribution in [0.5, 0.6) is 0 Å². The molecule has 7 heteroatoms. The van der Waals surface area contributed by atoms with Crippen LogP contribution in [-0.2, 0) is 29.3 Å². The molecule has 3 rings (SSSR count). The van der Waals surface area contributed by atoms with E-state index in [1.165, 1.54) is 6.92 Å². The van der Waals surface area contributed by atoms with Gasteiger partial charge in [0, 0.05) is 24.9 Å². The number of aliphatic hydroxyl groups is 1. The molecule has 8 atom stereocenters. The molecule has 0 aromatic rings. The number of carbonyl (C=O) groups excluding carboxylic acids is 1. The van der Waals surface area contributed by atoms with Crippen LogP contribution in [0, 0.1) is 23.2 Å². The van der Waals surface area contributed by atoms with Gasteiger partial charge in [0.1, 0.15) is 6.10 Å². The van der Waals surface area contributed by atoms with Crippen LogP contribution < -0.4 is 0 Å². The molecule has 0 spiro atoms. The normalized spacial score (nSPS) is 49.1. The van der Waals surface area contributed by atoms with Gasteiger partial charge in [-0.1, -0.05) is 13.8 Å². The maximum absolute atomic E-state index is 12.2. The molecule has 0 amide bonds. The van der Waals surface area contributed by atoms with E-state index in [0.29, 0.717) is 12.8 Å². The Morgan fingerprint density at radius 3 is 2.71 bits per heavy atom. The largest absolute Gasteiger partial charge is 0.462 e. The van der Waals surface area contributed by atoms with Gasteiger partial charge in [0.05, 0.1) is 11.7 Å². The Morgan fingerprint density at radius 2 is 2.08 bits per heavy atom. The lowest BCUT2D eigenvalue weighted by Gasteiger charge is -2.62. The van der Waals surface area contributed by atoms with Crippen LogP contribution >= 0.6 is 0 Å². The average molecular weight is 360 g/mol. The standard InChI is InChI=1S/C17H28O6S/c1-10(9-18)12-5-7-16(3)13(21-11(2)19)6-8-17(4)15(16)14(12)22-24(20)23-17/h10,12-15,18H,5-9H2,1-4H3/t10-,12+,13-,14+,15-,16+,17-,24?/m1/s1. The fourth-order valence-corrected chi connectivity index (χ4v) is 6.33. The zero-order valence-electron chi connectivity index (χ0n) is 14.8. The lowest BCUT2D eigenvalue weighted by molar-refractivity contribution is -0.232. The van der Waals surface area contributed by atoms with Gasteiger partial charge in [-0.15, -0.1) is 0 Å². The van der Waals surface area contributed by atoms with E-state index in [2.05, 4.69) is 6.92 Å². The predicted molar refractivity (Wildman–Crippen MR) is 87.9 cm³/mol. The van der Waals surface area contributed by atoms with Crippen molar-refractivity contribution in [1.82, 2.24) is 0 Å². The van der Waals surface area contributed by atoms with Crippen molar-refractivity contribution >= 4 is 17.3 Å². The molecule has 138 valence electrons. The predicted octanol–water partition coefficient (Wildman–Crippen LogP) is 2.13. The molecule has 3 fully saturated rings. The first kappa shape index (κ1) is 18.3. The maximum Gasteiger partial charge on any atom is 0.305 e. The lowest BCUT2D eigenvalue weighted by atomic mass is 9.50. The summed E-state index contributed by atoms with van der Waals surface area (Å²) in [7, 11) is 0. The van der Waals surface area contributed by atoms with Crippen LogP contribution in [-0.4, -0.2) is 39.7 Å². The van der Waals surface area contributed by atoms with Crippen molar-refractivity contribution in [2.45, 2.75) is 71.2 Å². The molecule has 2 aliphatic carbocycles. The minimum absolute atomic E-state index is 0.0199. The highest BCUT2D eigenvalue weighted by Gasteiger charge is 2.65. The fraction of sp³-hybridized carbons (Fsp3) is 0.941. The van der Waals surface area contributed by atoms with Crippen molar-refractivity contribution in [3.8, 4) is 0 Å². The molecule has 6 nitrogen and oxygen atoms in total. The van der Waals surface area contributed by atoms with E-state index >= 15 is 0 Å². The second-order valence-corrected chi connectivity index (χ2v) is 8.91. The first-order chi connectivity index (χ1) is 11.2. The van der Waals surface area contributed by atoms with Crippen molar-refractivity contribution in [2.75, 3.05) is 6.61 Å². The molecule has 2 saturated carbocycles. The number of rotatable bonds is 3. The van der Waals surface area contributed by atoms with Crippen molar-refractivity contribution in [2.24, 2.45) is 23.2 Å². The van der Waals surface area contributed by atoms with Gasteiger partial charge in [-0.25, -0.2) is 0 Å². The molecular weight excluding hydrogens is 332 g/mol. The second kappa shape index (κ2) is 6.34. The summed E-state index contributed by atoms with van der Waals surface area (Å²) in [6.07, 6.45) is 2.66.